The first kappa shape index (κ1) is 8.10. The smallest absolute Gasteiger partial charge is 0.0710 e. The number of halogens is 1. The van der Waals surface area contributed by atoms with Crippen LogP contribution in [-0.4, -0.2) is 4.87 Å². The van der Waals surface area contributed by atoms with Gasteiger partial charge in [-0.25, -0.2) is 0 Å². The van der Waals surface area contributed by atoms with E-state index in [0.717, 1.165) is 12.8 Å². The third-order valence-corrected chi connectivity index (χ3v) is 4.67. The predicted octanol–water partition coefficient (Wildman–Crippen LogP) is 3.05. The van der Waals surface area contributed by atoms with Gasteiger partial charge in [0.1, 0.15) is 0 Å². The van der Waals surface area contributed by atoms with Crippen molar-refractivity contribution in [2.75, 3.05) is 0 Å². The van der Waals surface area contributed by atoms with E-state index in [-0.39, 0.29) is 4.87 Å². The second-order valence-electron chi connectivity index (χ2n) is 2.73. The van der Waals surface area contributed by atoms with Crippen molar-refractivity contribution < 1.29 is 0 Å². The summed E-state index contributed by atoms with van der Waals surface area (Å²) in [7, 11) is 0. The highest BCUT2D eigenvalue weighted by atomic mass is 79.9. The van der Waals surface area contributed by atoms with Gasteiger partial charge in [0.2, 0.25) is 0 Å². The van der Waals surface area contributed by atoms with Gasteiger partial charge in [0.25, 0.3) is 0 Å². The quantitative estimate of drug-likeness (QED) is 0.816. The van der Waals surface area contributed by atoms with E-state index in [4.69, 9.17) is 5.73 Å². The summed E-state index contributed by atoms with van der Waals surface area (Å²) < 4.78 is 2.50. The summed E-state index contributed by atoms with van der Waals surface area (Å²) in [4.78, 5) is 0.0737. The number of hydrogen-bond donors (Lipinski definition) is 1. The zero-order valence-electron chi connectivity index (χ0n) is 5.84. The van der Waals surface area contributed by atoms with Crippen molar-refractivity contribution in [3.8, 4) is 0 Å². The van der Waals surface area contributed by atoms with E-state index in [1.54, 1.807) is 23.1 Å². The first-order chi connectivity index (χ1) is 5.18. The van der Waals surface area contributed by atoms with Gasteiger partial charge in [-0.05, 0) is 40.9 Å². The standard InChI is InChI=1S/C7H8BrNS2/c8-5-1-2-6(10-5)11-7(9)3-4-7/h1-2H,3-4,9H2. The highest BCUT2D eigenvalue weighted by Gasteiger charge is 2.39. The molecular formula is C7H8BrNS2. The van der Waals surface area contributed by atoms with Gasteiger partial charge in [0.05, 0.1) is 12.9 Å². The normalized spacial score (nSPS) is 20.2. The Morgan fingerprint density at radius 1 is 1.55 bits per heavy atom. The fourth-order valence-corrected chi connectivity index (χ4v) is 4.00. The highest BCUT2D eigenvalue weighted by Crippen LogP contribution is 2.49. The van der Waals surface area contributed by atoms with E-state index in [1.807, 2.05) is 0 Å². The van der Waals surface area contributed by atoms with Gasteiger partial charge in [-0.15, -0.1) is 11.3 Å². The Bertz CT molecular complexity index is 267. The lowest BCUT2D eigenvalue weighted by Crippen LogP contribution is -2.15. The zero-order valence-corrected chi connectivity index (χ0v) is 9.06. The molecule has 1 fully saturated rings. The SMILES string of the molecule is NC1(Sc2ccc(Br)s2)CC1. The molecule has 1 aromatic rings. The minimum absolute atomic E-state index is 0.0737. The van der Waals surface area contributed by atoms with Gasteiger partial charge >= 0.3 is 0 Å². The molecule has 0 spiro atoms. The minimum atomic E-state index is 0.0737. The van der Waals surface area contributed by atoms with Crippen LogP contribution in [0, 0.1) is 0 Å². The first-order valence-corrected chi connectivity index (χ1v) is 5.84. The molecule has 1 aromatic heterocycles. The Hall–Kier alpha value is 0.490. The fourth-order valence-electron chi connectivity index (χ4n) is 0.778. The summed E-state index contributed by atoms with van der Waals surface area (Å²) in [6, 6.07) is 4.19. The summed E-state index contributed by atoms with van der Waals surface area (Å²) in [6.07, 6.45) is 2.32. The predicted molar refractivity (Wildman–Crippen MR) is 54.0 cm³/mol. The molecule has 0 saturated heterocycles. The van der Waals surface area contributed by atoms with Crippen molar-refractivity contribution in [3.63, 3.8) is 0 Å². The van der Waals surface area contributed by atoms with Crippen molar-refractivity contribution in [2.45, 2.75) is 21.9 Å². The second kappa shape index (κ2) is 2.76. The first-order valence-electron chi connectivity index (χ1n) is 3.41. The van der Waals surface area contributed by atoms with Crippen LogP contribution in [-0.2, 0) is 0 Å². The molecule has 0 radical (unpaired) electrons. The van der Waals surface area contributed by atoms with Crippen LogP contribution in [0.2, 0.25) is 0 Å². The van der Waals surface area contributed by atoms with Crippen LogP contribution >= 0.6 is 39.0 Å². The summed E-state index contributed by atoms with van der Waals surface area (Å²) >= 11 is 6.98. The molecule has 1 aliphatic rings. The Balaban J connectivity index is 2.06. The van der Waals surface area contributed by atoms with Gasteiger partial charge in [-0.2, -0.15) is 0 Å². The maximum absolute atomic E-state index is 5.94. The third kappa shape index (κ3) is 1.99. The largest absolute Gasteiger partial charge is 0.316 e. The number of rotatable bonds is 2. The summed E-state index contributed by atoms with van der Waals surface area (Å²) in [6.45, 7) is 0. The molecule has 2 rings (SSSR count). The lowest BCUT2D eigenvalue weighted by Gasteiger charge is -2.03. The molecule has 11 heavy (non-hydrogen) atoms. The maximum atomic E-state index is 5.94. The van der Waals surface area contributed by atoms with Gasteiger partial charge in [0, 0.05) is 0 Å². The fraction of sp³-hybridized carbons (Fsp3) is 0.429. The van der Waals surface area contributed by atoms with Crippen molar-refractivity contribution in [2.24, 2.45) is 5.73 Å². The van der Waals surface area contributed by atoms with E-state index in [2.05, 4.69) is 28.1 Å². The average Bonchev–Trinajstić information content (AvgIpc) is 2.49. The van der Waals surface area contributed by atoms with E-state index in [0.29, 0.717) is 0 Å². The molecule has 4 heteroatoms. The lowest BCUT2D eigenvalue weighted by atomic mass is 10.7. The topological polar surface area (TPSA) is 26.0 Å². The lowest BCUT2D eigenvalue weighted by molar-refractivity contribution is 0.984. The molecular weight excluding hydrogens is 242 g/mol. The molecule has 0 unspecified atom stereocenters. The van der Waals surface area contributed by atoms with E-state index in [9.17, 15) is 0 Å². The molecule has 0 bridgehead atoms. The van der Waals surface area contributed by atoms with Crippen LogP contribution in [0.1, 0.15) is 12.8 Å². The number of thiophene rings is 1. The maximum Gasteiger partial charge on any atom is 0.0710 e. The molecule has 1 aliphatic carbocycles. The van der Waals surface area contributed by atoms with E-state index < -0.39 is 0 Å². The molecule has 0 aliphatic heterocycles. The Kier molecular flexibility index (Phi) is 2.04. The molecule has 1 heterocycles. The van der Waals surface area contributed by atoms with Crippen LogP contribution in [0.15, 0.2) is 20.1 Å². The van der Waals surface area contributed by atoms with Crippen molar-refractivity contribution in [1.29, 1.82) is 0 Å². The second-order valence-corrected chi connectivity index (χ2v) is 6.90. The van der Waals surface area contributed by atoms with Gasteiger partial charge in [0.15, 0.2) is 0 Å². The van der Waals surface area contributed by atoms with E-state index >= 15 is 0 Å². The Morgan fingerprint density at radius 3 is 2.73 bits per heavy atom. The molecule has 2 N–H and O–H groups in total. The number of hydrogen-bond acceptors (Lipinski definition) is 3. The zero-order chi connectivity index (χ0) is 7.90. The van der Waals surface area contributed by atoms with Crippen molar-refractivity contribution in [3.05, 3.63) is 15.9 Å². The van der Waals surface area contributed by atoms with Crippen molar-refractivity contribution in [1.82, 2.24) is 0 Å². The number of nitrogens with two attached hydrogens (primary N) is 1. The summed E-state index contributed by atoms with van der Waals surface area (Å²) in [5.41, 5.74) is 5.94. The number of thioether (sulfide) groups is 1. The minimum Gasteiger partial charge on any atom is -0.316 e. The van der Waals surface area contributed by atoms with Gasteiger partial charge in [-0.3, -0.25) is 0 Å². The molecule has 0 aromatic carbocycles. The Labute approximate surface area is 82.5 Å². The van der Waals surface area contributed by atoms with Crippen LogP contribution in [0.25, 0.3) is 0 Å². The molecule has 1 nitrogen and oxygen atoms in total. The molecule has 60 valence electrons. The molecule has 1 saturated carbocycles. The van der Waals surface area contributed by atoms with Crippen LogP contribution in [0.5, 0.6) is 0 Å². The summed E-state index contributed by atoms with van der Waals surface area (Å²) in [5.74, 6) is 0. The monoisotopic (exact) mass is 249 g/mol. The molecule has 0 atom stereocenters. The van der Waals surface area contributed by atoms with E-state index in [1.165, 1.54) is 8.00 Å². The van der Waals surface area contributed by atoms with Gasteiger partial charge < -0.3 is 5.73 Å². The summed E-state index contributed by atoms with van der Waals surface area (Å²) in [5, 5.41) is 0. The molecule has 0 amide bonds. The van der Waals surface area contributed by atoms with Crippen molar-refractivity contribution >= 4 is 39.0 Å². The van der Waals surface area contributed by atoms with Crippen LogP contribution in [0.3, 0.4) is 0 Å². The average molecular weight is 250 g/mol. The highest BCUT2D eigenvalue weighted by molar-refractivity contribution is 9.11. The van der Waals surface area contributed by atoms with Crippen LogP contribution < -0.4 is 5.73 Å². The third-order valence-electron chi connectivity index (χ3n) is 1.60. The van der Waals surface area contributed by atoms with Crippen LogP contribution in [0.4, 0.5) is 0 Å². The Morgan fingerprint density at radius 2 is 2.27 bits per heavy atom. The van der Waals surface area contributed by atoms with Gasteiger partial charge in [-0.1, -0.05) is 11.8 Å².